The first kappa shape index (κ1) is 46.0. The fourth-order valence-corrected chi connectivity index (χ4v) is 8.45. The summed E-state index contributed by atoms with van der Waals surface area (Å²) >= 11 is 1.88. The van der Waals surface area contributed by atoms with Gasteiger partial charge in [0.05, 0.1) is 46.5 Å². The largest absolute Gasteiger partial charge is 0.390 e. The Balaban J connectivity index is 0.00000360. The van der Waals surface area contributed by atoms with E-state index in [1.54, 1.807) is 30.9 Å². The van der Waals surface area contributed by atoms with Gasteiger partial charge in [0, 0.05) is 134 Å². The summed E-state index contributed by atoms with van der Waals surface area (Å²) in [6, 6.07) is 21.3. The van der Waals surface area contributed by atoms with E-state index in [9.17, 15) is 19.5 Å². The maximum Gasteiger partial charge on any atom is 0.315 e. The number of carbonyl (C=O) groups excluding carboxylic acids is 3. The quantitative estimate of drug-likeness (QED) is 0.0473. The van der Waals surface area contributed by atoms with Gasteiger partial charge in [-0.05, 0) is 61.4 Å². The van der Waals surface area contributed by atoms with Crippen LogP contribution in [0.2, 0.25) is 0 Å². The first-order chi connectivity index (χ1) is 26.9. The Morgan fingerprint density at radius 2 is 1.32 bits per heavy atom. The Labute approximate surface area is 364 Å². The predicted molar refractivity (Wildman–Crippen MR) is 210 cm³/mol. The summed E-state index contributed by atoms with van der Waals surface area (Å²) in [6.45, 7) is 3.48. The number of fused-ring (bicyclic) bond motifs is 1. The summed E-state index contributed by atoms with van der Waals surface area (Å²) in [7, 11) is 0. The van der Waals surface area contributed by atoms with Crippen molar-refractivity contribution in [1.82, 2.24) is 51.0 Å². The van der Waals surface area contributed by atoms with Gasteiger partial charge in [-0.15, -0.1) is 0 Å². The van der Waals surface area contributed by atoms with Crippen LogP contribution in [0.5, 0.6) is 0 Å². The number of carbonyl (C=O) groups is 3. The number of unbranched alkanes of at least 4 members (excludes halogenated alkanes) is 1. The van der Waals surface area contributed by atoms with Gasteiger partial charge in [0.15, 0.2) is 0 Å². The molecular weight excluding hydrogens is 847 g/mol. The molecule has 2 aliphatic heterocycles. The summed E-state index contributed by atoms with van der Waals surface area (Å²) in [5.41, 5.74) is 3.87. The van der Waals surface area contributed by atoms with Gasteiger partial charge >= 0.3 is 6.03 Å². The van der Waals surface area contributed by atoms with E-state index >= 15 is 0 Å². The molecule has 2 saturated heterocycles. The molecule has 0 aliphatic carbocycles. The van der Waals surface area contributed by atoms with Gasteiger partial charge in [-0.3, -0.25) is 39.3 Å². The Hall–Kier alpha value is -3.71. The van der Waals surface area contributed by atoms with Crippen molar-refractivity contribution in [3.8, 4) is 0 Å². The minimum atomic E-state index is -0.694. The van der Waals surface area contributed by atoms with E-state index in [1.807, 2.05) is 72.4 Å². The van der Waals surface area contributed by atoms with Gasteiger partial charge in [-0.1, -0.05) is 24.6 Å². The topological polar surface area (TPSA) is 178 Å². The molecule has 57 heavy (non-hydrogen) atoms. The molecule has 4 aromatic heterocycles. The van der Waals surface area contributed by atoms with Crippen molar-refractivity contribution in [3.05, 3.63) is 120 Å². The second-order valence-electron chi connectivity index (χ2n) is 14.0. The van der Waals surface area contributed by atoms with Gasteiger partial charge in [-0.25, -0.2) is 4.79 Å². The number of hydrogen-bond donors (Lipinski definition) is 5. The zero-order valence-corrected chi connectivity index (χ0v) is 39.1. The maximum absolute atomic E-state index is 12.8. The average Bonchev–Trinajstić information content (AvgIpc) is 3.75. The van der Waals surface area contributed by atoms with Crippen LogP contribution in [0.15, 0.2) is 91.5 Å². The monoisotopic (exact) mass is 894 g/mol. The van der Waals surface area contributed by atoms with Crippen LogP contribution in [0.1, 0.15) is 58.8 Å². The molecule has 0 bridgehead atoms. The van der Waals surface area contributed by atoms with Crippen LogP contribution >= 0.6 is 11.8 Å². The van der Waals surface area contributed by atoms with Crippen molar-refractivity contribution < 1.29 is 58.4 Å². The number of hydrogen-bond acceptors (Lipinski definition) is 11. The van der Waals surface area contributed by atoms with E-state index in [0.717, 1.165) is 47.8 Å². The molecule has 0 aromatic carbocycles. The van der Waals surface area contributed by atoms with E-state index in [2.05, 4.69) is 51.0 Å². The molecule has 4 amide bonds. The van der Waals surface area contributed by atoms with E-state index in [4.69, 9.17) is 0 Å². The molecular formula is C40H50N10O4SZn2. The van der Waals surface area contributed by atoms with Crippen LogP contribution in [-0.2, 0) is 69.9 Å². The summed E-state index contributed by atoms with van der Waals surface area (Å²) in [4.78, 5) is 59.1. The molecule has 6 heterocycles. The predicted octanol–water partition coefficient (Wildman–Crippen LogP) is 2.90. The number of nitrogens with one attached hydrogen (secondary N) is 4. The molecule has 294 valence electrons. The third-order valence-corrected chi connectivity index (χ3v) is 11.1. The summed E-state index contributed by atoms with van der Waals surface area (Å²) in [5, 5.41) is 23.5. The number of urea groups is 1. The van der Waals surface area contributed by atoms with Gasteiger partial charge in [0.25, 0.3) is 5.91 Å². The van der Waals surface area contributed by atoms with E-state index in [1.165, 1.54) is 0 Å². The van der Waals surface area contributed by atoms with Crippen molar-refractivity contribution in [3.63, 3.8) is 0 Å². The van der Waals surface area contributed by atoms with Crippen LogP contribution < -0.4 is 21.3 Å². The number of aromatic nitrogens is 4. The third-order valence-electron chi connectivity index (χ3n) is 9.56. The number of thioether (sulfide) groups is 1. The Morgan fingerprint density at radius 1 is 0.754 bits per heavy atom. The van der Waals surface area contributed by atoms with Crippen molar-refractivity contribution >= 4 is 29.6 Å². The van der Waals surface area contributed by atoms with E-state index < -0.39 is 6.10 Å². The SMILES string of the molecule is O=C(CCCCC1SC[C@@H]2NC(=O)N[C@H]12)NCCNC(=O)c1ccc(CN(Cc2ccccn2)CC(O)CN(Cc2ccccn2)Cc2ccccn2)nc1.[Zn].[Zn]. The van der Waals surface area contributed by atoms with Crippen LogP contribution in [0, 0.1) is 0 Å². The zero-order chi connectivity index (χ0) is 38.2. The first-order valence-electron chi connectivity index (χ1n) is 18.9. The second kappa shape index (κ2) is 24.3. The molecule has 6 rings (SSSR count). The first-order valence-corrected chi connectivity index (χ1v) is 19.9. The summed E-state index contributed by atoms with van der Waals surface area (Å²) in [5.74, 6) is 0.623. The number of aliphatic hydroxyl groups excluding tert-OH is 1. The van der Waals surface area contributed by atoms with Crippen LogP contribution in [-0.4, -0.2) is 108 Å². The van der Waals surface area contributed by atoms with Crippen molar-refractivity contribution in [2.75, 3.05) is 31.9 Å². The smallest absolute Gasteiger partial charge is 0.315 e. The normalized spacial score (nSPS) is 17.5. The fraction of sp³-hybridized carbons (Fsp3) is 0.425. The second-order valence-corrected chi connectivity index (χ2v) is 15.2. The number of amides is 4. The number of pyridine rings is 4. The summed E-state index contributed by atoms with van der Waals surface area (Å²) in [6.07, 6.45) is 9.25. The minimum absolute atomic E-state index is 0. The fourth-order valence-electron chi connectivity index (χ4n) is 6.91. The molecule has 2 unspecified atom stereocenters. The van der Waals surface area contributed by atoms with Crippen molar-refractivity contribution in [2.24, 2.45) is 0 Å². The molecule has 14 nitrogen and oxygen atoms in total. The Bertz CT molecular complexity index is 1760. The molecule has 2 aliphatic rings. The molecule has 0 saturated carbocycles. The standard InChI is InChI=1S/C40H50N10O4S.2Zn/c51-34(26-49(22-30-9-3-6-16-41-30)23-31-10-4-7-17-42-31)27-50(24-32-11-5-8-18-43-32)25-33-15-14-29(21-46-33)39(53)45-20-19-44-37(52)13-2-1-12-36-38-35(28-55-36)47-40(54)48-38;;/h3-11,14-18,21,34-36,38,51H,1-2,12-13,19-20,22-28H2,(H,44,52)(H,45,53)(H2,47,48,54);;/t34?,35-,36?,38-;;/m0../s1. The number of nitrogens with zero attached hydrogens (tertiary/aromatic N) is 6. The molecule has 17 heteroatoms. The number of rotatable bonds is 21. The summed E-state index contributed by atoms with van der Waals surface area (Å²) < 4.78 is 0. The third kappa shape index (κ3) is 15.2. The van der Waals surface area contributed by atoms with Gasteiger partial charge in [0.1, 0.15) is 0 Å². The van der Waals surface area contributed by atoms with Gasteiger partial charge in [-0.2, -0.15) is 11.8 Å². The maximum atomic E-state index is 12.8. The van der Waals surface area contributed by atoms with Crippen LogP contribution in [0.3, 0.4) is 0 Å². The van der Waals surface area contributed by atoms with Crippen molar-refractivity contribution in [2.45, 2.75) is 75.3 Å². The molecule has 2 fully saturated rings. The molecule has 4 atom stereocenters. The van der Waals surface area contributed by atoms with E-state index in [0.29, 0.717) is 69.6 Å². The Kier molecular flexibility index (Phi) is 19.6. The van der Waals surface area contributed by atoms with Crippen LogP contribution in [0.25, 0.3) is 0 Å². The van der Waals surface area contributed by atoms with Gasteiger partial charge < -0.3 is 26.4 Å². The molecule has 0 spiro atoms. The van der Waals surface area contributed by atoms with Gasteiger partial charge in [0.2, 0.25) is 5.91 Å². The molecule has 5 N–H and O–H groups in total. The zero-order valence-electron chi connectivity index (χ0n) is 32.3. The molecule has 4 aromatic rings. The van der Waals surface area contributed by atoms with E-state index in [-0.39, 0.29) is 68.9 Å². The average molecular weight is 898 g/mol. The minimum Gasteiger partial charge on any atom is -0.390 e. The number of aliphatic hydroxyl groups is 1. The Morgan fingerprint density at radius 3 is 1.84 bits per heavy atom. The van der Waals surface area contributed by atoms with Crippen LogP contribution in [0.4, 0.5) is 4.79 Å². The molecule has 0 radical (unpaired) electrons. The van der Waals surface area contributed by atoms with Crippen molar-refractivity contribution in [1.29, 1.82) is 0 Å².